The Bertz CT molecular complexity index is 546. The summed E-state index contributed by atoms with van der Waals surface area (Å²) in [7, 11) is 1.99. The van der Waals surface area contributed by atoms with E-state index in [0.29, 0.717) is 6.04 Å². The molecule has 0 fully saturated rings. The Hall–Kier alpha value is -1.32. The highest BCUT2D eigenvalue weighted by atomic mass is 32.2. The van der Waals surface area contributed by atoms with Crippen LogP contribution in [0.1, 0.15) is 29.8 Å². The summed E-state index contributed by atoms with van der Waals surface area (Å²) >= 11 is 1.74. The maximum absolute atomic E-state index is 4.60. The first-order chi connectivity index (χ1) is 9.10. The molecule has 0 aliphatic heterocycles. The van der Waals surface area contributed by atoms with Crippen molar-refractivity contribution in [1.29, 1.82) is 0 Å². The summed E-state index contributed by atoms with van der Waals surface area (Å²) in [5.74, 6) is 0. The van der Waals surface area contributed by atoms with Crippen LogP contribution in [0.5, 0.6) is 0 Å². The zero-order valence-corrected chi connectivity index (χ0v) is 12.7. The Balaban J connectivity index is 2.32. The molecular weight excluding hydrogens is 252 g/mol. The van der Waals surface area contributed by atoms with Crippen LogP contribution in [-0.4, -0.2) is 12.0 Å². The number of nitrogens with zero attached hydrogens (tertiary/aromatic N) is 1. The first kappa shape index (κ1) is 14.1. The lowest BCUT2D eigenvalue weighted by molar-refractivity contribution is 0.641. The lowest BCUT2D eigenvalue weighted by Crippen LogP contribution is -2.13. The minimum Gasteiger partial charge on any atom is -0.313 e. The Morgan fingerprint density at radius 3 is 2.58 bits per heavy atom. The molecule has 2 nitrogen and oxygen atoms in total. The second-order valence-corrected chi connectivity index (χ2v) is 5.84. The number of nitrogens with one attached hydrogen (secondary N) is 1. The third kappa shape index (κ3) is 3.58. The molecule has 0 saturated heterocycles. The van der Waals surface area contributed by atoms with Crippen molar-refractivity contribution >= 4 is 11.8 Å². The second-order valence-electron chi connectivity index (χ2n) is 4.77. The first-order valence-corrected chi connectivity index (χ1v) is 7.31. The summed E-state index contributed by atoms with van der Waals surface area (Å²) in [4.78, 5) is 5.86. The first-order valence-electron chi connectivity index (χ1n) is 6.49. The van der Waals surface area contributed by atoms with E-state index in [1.54, 1.807) is 11.8 Å². The molecule has 0 radical (unpaired) electrons. The van der Waals surface area contributed by atoms with Crippen LogP contribution in [0.25, 0.3) is 0 Å². The number of pyridine rings is 1. The highest BCUT2D eigenvalue weighted by Gasteiger charge is 2.10. The zero-order valence-electron chi connectivity index (χ0n) is 11.9. The highest BCUT2D eigenvalue weighted by Crippen LogP contribution is 2.32. The van der Waals surface area contributed by atoms with E-state index in [0.717, 1.165) is 10.7 Å². The van der Waals surface area contributed by atoms with Gasteiger partial charge in [0, 0.05) is 16.6 Å². The van der Waals surface area contributed by atoms with Gasteiger partial charge in [0.25, 0.3) is 0 Å². The van der Waals surface area contributed by atoms with Gasteiger partial charge in [-0.2, -0.15) is 0 Å². The van der Waals surface area contributed by atoms with Gasteiger partial charge in [-0.15, -0.1) is 0 Å². The Morgan fingerprint density at radius 1 is 1.16 bits per heavy atom. The predicted molar refractivity (Wildman–Crippen MR) is 81.8 cm³/mol. The molecule has 19 heavy (non-hydrogen) atoms. The molecular formula is C16H20N2S. The van der Waals surface area contributed by atoms with Crippen molar-refractivity contribution in [1.82, 2.24) is 10.3 Å². The molecule has 1 aromatic heterocycles. The molecule has 1 heterocycles. The van der Waals surface area contributed by atoms with E-state index < -0.39 is 0 Å². The van der Waals surface area contributed by atoms with Crippen LogP contribution in [0.2, 0.25) is 0 Å². The summed E-state index contributed by atoms with van der Waals surface area (Å²) in [6.07, 6.45) is 0. The van der Waals surface area contributed by atoms with Gasteiger partial charge < -0.3 is 5.32 Å². The molecule has 100 valence electrons. The van der Waals surface area contributed by atoms with Gasteiger partial charge in [-0.3, -0.25) is 0 Å². The van der Waals surface area contributed by atoms with Crippen molar-refractivity contribution in [3.05, 3.63) is 53.2 Å². The molecule has 2 aromatic rings. The SMILES string of the molecule is CNC(C)c1ccccc1Sc1cc(C)cc(C)n1. The van der Waals surface area contributed by atoms with Crippen molar-refractivity contribution in [3.8, 4) is 0 Å². The molecule has 0 aliphatic carbocycles. The number of aromatic nitrogens is 1. The fraction of sp³-hybridized carbons (Fsp3) is 0.312. The summed E-state index contributed by atoms with van der Waals surface area (Å²) < 4.78 is 0. The van der Waals surface area contributed by atoms with E-state index in [1.165, 1.54) is 16.0 Å². The summed E-state index contributed by atoms with van der Waals surface area (Å²) in [5, 5.41) is 4.36. The lowest BCUT2D eigenvalue weighted by Gasteiger charge is -2.15. The summed E-state index contributed by atoms with van der Waals surface area (Å²) in [6.45, 7) is 6.33. The quantitative estimate of drug-likeness (QED) is 0.906. The average molecular weight is 272 g/mol. The molecule has 2 rings (SSSR count). The number of hydrogen-bond donors (Lipinski definition) is 1. The van der Waals surface area contributed by atoms with Crippen LogP contribution in [-0.2, 0) is 0 Å². The van der Waals surface area contributed by atoms with Gasteiger partial charge in [-0.1, -0.05) is 30.0 Å². The second kappa shape index (κ2) is 6.22. The van der Waals surface area contributed by atoms with Gasteiger partial charge in [-0.25, -0.2) is 4.98 Å². The van der Waals surface area contributed by atoms with E-state index >= 15 is 0 Å². The number of aryl methyl sites for hydroxylation is 2. The molecule has 1 atom stereocenters. The van der Waals surface area contributed by atoms with E-state index in [4.69, 9.17) is 0 Å². The van der Waals surface area contributed by atoms with Crippen LogP contribution >= 0.6 is 11.8 Å². The van der Waals surface area contributed by atoms with E-state index in [1.807, 2.05) is 14.0 Å². The maximum Gasteiger partial charge on any atom is 0.101 e. The van der Waals surface area contributed by atoms with Crippen LogP contribution in [0.15, 0.2) is 46.3 Å². The molecule has 1 unspecified atom stereocenters. The molecule has 3 heteroatoms. The van der Waals surface area contributed by atoms with Gasteiger partial charge >= 0.3 is 0 Å². The average Bonchev–Trinajstić information content (AvgIpc) is 2.37. The summed E-state index contributed by atoms with van der Waals surface area (Å²) in [6, 6.07) is 13.1. The normalized spacial score (nSPS) is 12.4. The van der Waals surface area contributed by atoms with Crippen molar-refractivity contribution in [2.75, 3.05) is 7.05 Å². The van der Waals surface area contributed by atoms with Gasteiger partial charge in [-0.05, 0) is 57.1 Å². The van der Waals surface area contributed by atoms with E-state index in [9.17, 15) is 0 Å². The largest absolute Gasteiger partial charge is 0.313 e. The molecule has 0 bridgehead atoms. The fourth-order valence-electron chi connectivity index (χ4n) is 2.06. The minimum absolute atomic E-state index is 0.342. The van der Waals surface area contributed by atoms with Crippen LogP contribution in [0, 0.1) is 13.8 Å². The number of hydrogen-bond acceptors (Lipinski definition) is 3. The molecule has 0 aliphatic rings. The van der Waals surface area contributed by atoms with E-state index in [2.05, 4.69) is 60.5 Å². The molecule has 1 aromatic carbocycles. The van der Waals surface area contributed by atoms with Crippen LogP contribution in [0.4, 0.5) is 0 Å². The number of rotatable bonds is 4. The molecule has 0 saturated carbocycles. The van der Waals surface area contributed by atoms with Crippen LogP contribution < -0.4 is 5.32 Å². The number of benzene rings is 1. The fourth-order valence-corrected chi connectivity index (χ4v) is 3.22. The van der Waals surface area contributed by atoms with Crippen LogP contribution in [0.3, 0.4) is 0 Å². The smallest absolute Gasteiger partial charge is 0.101 e. The minimum atomic E-state index is 0.342. The van der Waals surface area contributed by atoms with Gasteiger partial charge in [0.2, 0.25) is 0 Å². The van der Waals surface area contributed by atoms with Crippen molar-refractivity contribution < 1.29 is 0 Å². The zero-order chi connectivity index (χ0) is 13.8. The van der Waals surface area contributed by atoms with Crippen molar-refractivity contribution in [3.63, 3.8) is 0 Å². The van der Waals surface area contributed by atoms with E-state index in [-0.39, 0.29) is 0 Å². The van der Waals surface area contributed by atoms with Crippen molar-refractivity contribution in [2.45, 2.75) is 36.7 Å². The van der Waals surface area contributed by atoms with Gasteiger partial charge in [0.05, 0.1) is 0 Å². The van der Waals surface area contributed by atoms with Crippen molar-refractivity contribution in [2.24, 2.45) is 0 Å². The highest BCUT2D eigenvalue weighted by molar-refractivity contribution is 7.99. The predicted octanol–water partition coefficient (Wildman–Crippen LogP) is 4.13. The molecule has 1 N–H and O–H groups in total. The monoisotopic (exact) mass is 272 g/mol. The molecule has 0 spiro atoms. The third-order valence-corrected chi connectivity index (χ3v) is 4.12. The maximum atomic E-state index is 4.60. The standard InChI is InChI=1S/C16H20N2S/c1-11-9-12(2)18-16(10-11)19-15-8-6-5-7-14(15)13(3)17-4/h5-10,13,17H,1-4H3. The lowest BCUT2D eigenvalue weighted by atomic mass is 10.1. The Labute approximate surface area is 119 Å². The summed E-state index contributed by atoms with van der Waals surface area (Å²) in [5.41, 5.74) is 3.65. The Morgan fingerprint density at radius 2 is 1.89 bits per heavy atom. The van der Waals surface area contributed by atoms with Gasteiger partial charge in [0.1, 0.15) is 5.03 Å². The third-order valence-electron chi connectivity index (χ3n) is 3.11. The Kier molecular flexibility index (Phi) is 4.61. The van der Waals surface area contributed by atoms with Gasteiger partial charge in [0.15, 0.2) is 0 Å². The molecule has 0 amide bonds. The topological polar surface area (TPSA) is 24.9 Å².